The van der Waals surface area contributed by atoms with Gasteiger partial charge in [0.05, 0.1) is 12.2 Å². The maximum absolute atomic E-state index is 13.2. The van der Waals surface area contributed by atoms with Crippen LogP contribution in [-0.2, 0) is 12.3 Å². The van der Waals surface area contributed by atoms with Crippen LogP contribution in [0.25, 0.3) is 16.5 Å². The van der Waals surface area contributed by atoms with Crippen molar-refractivity contribution in [3.05, 3.63) is 118 Å². The molecule has 0 fully saturated rings. The lowest BCUT2D eigenvalue weighted by molar-refractivity contribution is 0.0951. The largest absolute Gasteiger partial charge is 0.345 e. The molecule has 5 nitrogen and oxygen atoms in total. The smallest absolute Gasteiger partial charge is 0.252 e. The molecule has 0 atom stereocenters. The molecule has 7 heteroatoms. The van der Waals surface area contributed by atoms with Crippen molar-refractivity contribution in [1.29, 1.82) is 0 Å². The van der Waals surface area contributed by atoms with E-state index in [0.717, 1.165) is 32.9 Å². The first kappa shape index (κ1) is 24.1. The summed E-state index contributed by atoms with van der Waals surface area (Å²) in [6, 6.07) is 27.8. The van der Waals surface area contributed by atoms with Gasteiger partial charge in [-0.2, -0.15) is 0 Å². The maximum Gasteiger partial charge on any atom is 0.252 e. The Balaban J connectivity index is 1.44. The minimum atomic E-state index is -0.155. The Labute approximate surface area is 219 Å². The number of carbonyl (C=O) groups is 1. The highest BCUT2D eigenvalue weighted by Crippen LogP contribution is 2.29. The van der Waals surface area contributed by atoms with E-state index in [1.807, 2.05) is 72.2 Å². The summed E-state index contributed by atoms with van der Waals surface area (Å²) in [4.78, 5) is 13.2. The van der Waals surface area contributed by atoms with Crippen molar-refractivity contribution in [2.45, 2.75) is 31.3 Å². The number of aromatic nitrogens is 3. The Morgan fingerprint density at radius 1 is 0.944 bits per heavy atom. The first-order valence-corrected chi connectivity index (χ1v) is 13.0. The molecule has 0 radical (unpaired) electrons. The van der Waals surface area contributed by atoms with Crippen LogP contribution >= 0.6 is 23.4 Å². The van der Waals surface area contributed by atoms with Crippen molar-refractivity contribution in [3.63, 3.8) is 0 Å². The van der Waals surface area contributed by atoms with Crippen molar-refractivity contribution >= 4 is 40.0 Å². The van der Waals surface area contributed by atoms with Gasteiger partial charge in [0, 0.05) is 16.3 Å². The number of aryl methyl sites for hydroxylation is 2. The number of rotatable bonds is 7. The molecule has 5 rings (SSSR count). The first-order valence-electron chi connectivity index (χ1n) is 11.6. The molecule has 1 heterocycles. The monoisotopic (exact) mass is 512 g/mol. The summed E-state index contributed by atoms with van der Waals surface area (Å²) < 4.78 is 1.99. The molecule has 0 saturated carbocycles. The summed E-state index contributed by atoms with van der Waals surface area (Å²) in [6.07, 6.45) is 0. The van der Waals surface area contributed by atoms with Crippen LogP contribution in [0.3, 0.4) is 0 Å². The number of carbonyl (C=O) groups excluding carboxylic acids is 1. The van der Waals surface area contributed by atoms with Crippen molar-refractivity contribution < 1.29 is 4.79 Å². The average Bonchev–Trinajstić information content (AvgIpc) is 3.29. The van der Waals surface area contributed by atoms with Gasteiger partial charge in [0.2, 0.25) is 0 Å². The van der Waals surface area contributed by atoms with Crippen LogP contribution in [0, 0.1) is 13.8 Å². The van der Waals surface area contributed by atoms with Crippen molar-refractivity contribution in [2.24, 2.45) is 0 Å². The zero-order valence-corrected chi connectivity index (χ0v) is 21.6. The average molecular weight is 513 g/mol. The molecule has 0 aliphatic rings. The highest BCUT2D eigenvalue weighted by atomic mass is 35.5. The molecule has 1 aromatic heterocycles. The topological polar surface area (TPSA) is 59.8 Å². The minimum Gasteiger partial charge on any atom is -0.345 e. The van der Waals surface area contributed by atoms with Gasteiger partial charge in [0.25, 0.3) is 5.91 Å². The van der Waals surface area contributed by atoms with Gasteiger partial charge in [0.15, 0.2) is 11.0 Å². The number of fused-ring (bicyclic) bond motifs is 1. The molecular weight excluding hydrogens is 488 g/mol. The Hall–Kier alpha value is -3.61. The molecule has 0 unspecified atom stereocenters. The van der Waals surface area contributed by atoms with Gasteiger partial charge in [-0.1, -0.05) is 95.7 Å². The molecule has 36 heavy (non-hydrogen) atoms. The highest BCUT2D eigenvalue weighted by molar-refractivity contribution is 7.98. The highest BCUT2D eigenvalue weighted by Gasteiger charge is 2.18. The zero-order valence-electron chi connectivity index (χ0n) is 20.0. The Bertz CT molecular complexity index is 1560. The van der Waals surface area contributed by atoms with E-state index >= 15 is 0 Å². The van der Waals surface area contributed by atoms with Gasteiger partial charge >= 0.3 is 0 Å². The fraction of sp³-hybridized carbons (Fsp3) is 0.138. The van der Waals surface area contributed by atoms with E-state index in [0.29, 0.717) is 16.4 Å². The third-order valence-corrected chi connectivity index (χ3v) is 7.24. The molecule has 0 aliphatic heterocycles. The van der Waals surface area contributed by atoms with Crippen molar-refractivity contribution in [3.8, 4) is 5.69 Å². The maximum atomic E-state index is 13.2. The Morgan fingerprint density at radius 2 is 1.75 bits per heavy atom. The third-order valence-electron chi connectivity index (χ3n) is 6.00. The lowest BCUT2D eigenvalue weighted by atomic mass is 10.0. The van der Waals surface area contributed by atoms with Gasteiger partial charge in [0.1, 0.15) is 0 Å². The third kappa shape index (κ3) is 5.15. The number of benzene rings is 4. The van der Waals surface area contributed by atoms with Crippen LogP contribution in [0.15, 0.2) is 90.1 Å². The molecule has 1 amide bonds. The molecule has 5 aromatic rings. The van der Waals surface area contributed by atoms with E-state index in [1.165, 1.54) is 11.1 Å². The number of amides is 1. The molecule has 180 valence electrons. The molecule has 4 aromatic carbocycles. The van der Waals surface area contributed by atoms with Crippen LogP contribution in [-0.4, -0.2) is 20.7 Å². The SMILES string of the molecule is Cc1cccc(CSc2nnc(CNC(=O)c3cccc4ccccc34)n2-c2cc(Cl)ccc2C)c1. The lowest BCUT2D eigenvalue weighted by Crippen LogP contribution is -2.25. The van der Waals surface area contributed by atoms with Crippen LogP contribution < -0.4 is 5.32 Å². The van der Waals surface area contributed by atoms with E-state index in [2.05, 4.69) is 46.7 Å². The van der Waals surface area contributed by atoms with Crippen molar-refractivity contribution in [1.82, 2.24) is 20.1 Å². The summed E-state index contributed by atoms with van der Waals surface area (Å²) >= 11 is 7.97. The number of hydrogen-bond donors (Lipinski definition) is 1. The molecule has 0 saturated heterocycles. The summed E-state index contributed by atoms with van der Waals surface area (Å²) in [7, 11) is 0. The normalized spacial score (nSPS) is 11.1. The Morgan fingerprint density at radius 3 is 2.61 bits per heavy atom. The lowest BCUT2D eigenvalue weighted by Gasteiger charge is -2.14. The van der Waals surface area contributed by atoms with E-state index in [9.17, 15) is 4.79 Å². The summed E-state index contributed by atoms with van der Waals surface area (Å²) in [5.41, 5.74) is 5.00. The number of nitrogens with one attached hydrogen (secondary N) is 1. The van der Waals surface area contributed by atoms with Crippen LogP contribution in [0.4, 0.5) is 0 Å². The summed E-state index contributed by atoms with van der Waals surface area (Å²) in [5, 5.41) is 15.3. The second-order valence-corrected chi connectivity index (χ2v) is 10.0. The number of thioether (sulfide) groups is 1. The van der Waals surface area contributed by atoms with Gasteiger partial charge in [-0.25, -0.2) is 0 Å². The predicted octanol–water partition coefficient (Wildman–Crippen LogP) is 6.91. The van der Waals surface area contributed by atoms with Crippen LogP contribution in [0.1, 0.15) is 32.9 Å². The number of nitrogens with zero attached hydrogens (tertiary/aromatic N) is 3. The van der Waals surface area contributed by atoms with Crippen LogP contribution in [0.2, 0.25) is 5.02 Å². The quantitative estimate of drug-likeness (QED) is 0.241. The van der Waals surface area contributed by atoms with Gasteiger partial charge in [-0.3, -0.25) is 9.36 Å². The minimum absolute atomic E-state index is 0.155. The summed E-state index contributed by atoms with van der Waals surface area (Å²) in [5.74, 6) is 1.24. The second kappa shape index (κ2) is 10.6. The molecular formula is C29H25ClN4OS. The van der Waals surface area contributed by atoms with Gasteiger partial charge in [-0.05, 0) is 53.9 Å². The predicted molar refractivity (Wildman–Crippen MR) is 147 cm³/mol. The van der Waals surface area contributed by atoms with E-state index in [4.69, 9.17) is 11.6 Å². The van der Waals surface area contributed by atoms with Crippen LogP contribution in [0.5, 0.6) is 0 Å². The second-order valence-electron chi connectivity index (χ2n) is 8.65. The zero-order chi connectivity index (χ0) is 25.1. The fourth-order valence-corrected chi connectivity index (χ4v) is 5.27. The molecule has 0 bridgehead atoms. The van der Waals surface area contributed by atoms with E-state index < -0.39 is 0 Å². The molecule has 0 spiro atoms. The Kier molecular flexibility index (Phi) is 7.07. The molecule has 0 aliphatic carbocycles. The number of hydrogen-bond acceptors (Lipinski definition) is 4. The molecule has 1 N–H and O–H groups in total. The van der Waals surface area contributed by atoms with Crippen molar-refractivity contribution in [2.75, 3.05) is 0 Å². The van der Waals surface area contributed by atoms with E-state index in [-0.39, 0.29) is 12.5 Å². The van der Waals surface area contributed by atoms with Gasteiger partial charge < -0.3 is 5.32 Å². The summed E-state index contributed by atoms with van der Waals surface area (Å²) in [6.45, 7) is 4.34. The fourth-order valence-electron chi connectivity index (χ4n) is 4.20. The first-order chi connectivity index (χ1) is 17.5. The standard InChI is InChI=1S/C29H25ClN4OS/c1-19-7-5-8-21(15-19)18-36-29-33-32-27(34(29)26-16-23(30)14-13-20(26)2)17-31-28(35)25-12-6-10-22-9-3-4-11-24(22)25/h3-16H,17-18H2,1-2H3,(H,31,35). The number of halogens is 1. The van der Waals surface area contributed by atoms with Gasteiger partial charge in [-0.15, -0.1) is 10.2 Å². The van der Waals surface area contributed by atoms with E-state index in [1.54, 1.807) is 11.8 Å².